The highest BCUT2D eigenvalue weighted by Gasteiger charge is 2.28. The number of aliphatic imine (C=N–C) groups is 2. The largest absolute Gasteiger partial charge is 0.369 e. The average Bonchev–Trinajstić information content (AvgIpc) is 2.98. The van der Waals surface area contributed by atoms with Gasteiger partial charge < -0.3 is 16.4 Å². The van der Waals surface area contributed by atoms with Gasteiger partial charge in [-0.15, -0.1) is 0 Å². The number of halogens is 2. The van der Waals surface area contributed by atoms with E-state index in [0.717, 1.165) is 11.3 Å². The summed E-state index contributed by atoms with van der Waals surface area (Å²) in [6.45, 7) is 1.97. The van der Waals surface area contributed by atoms with Crippen molar-refractivity contribution in [3.05, 3.63) is 58.1 Å². The molecule has 0 unspecified atom stereocenters. The molecule has 3 rings (SSSR count). The lowest BCUT2D eigenvalue weighted by Gasteiger charge is -2.07. The number of nitrogens with two attached hydrogens (primary N) is 1. The molecule has 0 bridgehead atoms. The molecule has 10 heteroatoms. The second kappa shape index (κ2) is 8.93. The maximum atomic E-state index is 12.2. The Labute approximate surface area is 177 Å². The van der Waals surface area contributed by atoms with E-state index in [1.54, 1.807) is 12.1 Å². The Morgan fingerprint density at radius 3 is 2.52 bits per heavy atom. The van der Waals surface area contributed by atoms with Crippen molar-refractivity contribution >= 4 is 58.3 Å². The van der Waals surface area contributed by atoms with Gasteiger partial charge in [0.05, 0.1) is 16.5 Å². The van der Waals surface area contributed by atoms with Crippen LogP contribution in [0.4, 0.5) is 11.4 Å². The van der Waals surface area contributed by atoms with Crippen LogP contribution >= 0.6 is 23.2 Å². The normalized spacial score (nSPS) is 16.2. The summed E-state index contributed by atoms with van der Waals surface area (Å²) in [6.07, 6.45) is -0.156. The van der Waals surface area contributed by atoms with Crippen LogP contribution in [0.5, 0.6) is 0 Å². The van der Waals surface area contributed by atoms with Gasteiger partial charge in [-0.2, -0.15) is 4.99 Å². The van der Waals surface area contributed by atoms with E-state index >= 15 is 0 Å². The Morgan fingerprint density at radius 2 is 1.83 bits per heavy atom. The number of anilines is 2. The highest BCUT2D eigenvalue weighted by atomic mass is 35.5. The van der Waals surface area contributed by atoms with Crippen LogP contribution < -0.4 is 21.7 Å². The molecule has 2 aromatic carbocycles. The summed E-state index contributed by atoms with van der Waals surface area (Å²) in [6, 6.07) is 11.3. The van der Waals surface area contributed by atoms with Gasteiger partial charge in [0, 0.05) is 11.4 Å². The first-order chi connectivity index (χ1) is 13.8. The molecule has 2 aromatic rings. The lowest BCUT2D eigenvalue weighted by molar-refractivity contribution is -0.123. The van der Waals surface area contributed by atoms with E-state index < -0.39 is 17.9 Å². The molecule has 1 atom stereocenters. The van der Waals surface area contributed by atoms with Crippen LogP contribution in [0, 0.1) is 6.92 Å². The minimum Gasteiger partial charge on any atom is -0.369 e. The number of nitrogens with zero attached hydrogens (tertiary/aromatic N) is 2. The van der Waals surface area contributed by atoms with Gasteiger partial charge in [0.15, 0.2) is 0 Å². The highest BCUT2D eigenvalue weighted by Crippen LogP contribution is 2.25. The van der Waals surface area contributed by atoms with Crippen LogP contribution in [0.1, 0.15) is 12.0 Å². The molecule has 8 nitrogen and oxygen atoms in total. The fourth-order valence-corrected chi connectivity index (χ4v) is 2.81. The third-order valence-corrected chi connectivity index (χ3v) is 4.69. The van der Waals surface area contributed by atoms with Crippen molar-refractivity contribution in [3.8, 4) is 0 Å². The number of hydrogen-bond acceptors (Lipinski definition) is 4. The average molecular weight is 433 g/mol. The van der Waals surface area contributed by atoms with Crippen molar-refractivity contribution in [2.45, 2.75) is 19.4 Å². The summed E-state index contributed by atoms with van der Waals surface area (Å²) < 4.78 is 0. The third kappa shape index (κ3) is 5.69. The Morgan fingerprint density at radius 1 is 1.14 bits per heavy atom. The van der Waals surface area contributed by atoms with Crippen LogP contribution in [-0.2, 0) is 9.59 Å². The standard InChI is InChI=1S/C19H18Cl2N6O2/c1-10-2-4-11(5-3-10)24-18(22)27-19-25-15(17(29)26-19)9-16(28)23-12-6-7-13(20)14(21)8-12/h2-8,15H,9H2,1H3,(H,23,28)(H4,22,24,25,26,27,29)/t15-/m0/s1. The molecule has 2 amide bonds. The topological polar surface area (TPSA) is 121 Å². The summed E-state index contributed by atoms with van der Waals surface area (Å²) >= 11 is 11.8. The maximum absolute atomic E-state index is 12.2. The number of benzene rings is 2. The predicted octanol–water partition coefficient (Wildman–Crippen LogP) is 2.91. The lowest BCUT2D eigenvalue weighted by atomic mass is 10.2. The molecule has 150 valence electrons. The minimum absolute atomic E-state index is 0.0412. The SMILES string of the molecule is Cc1ccc(NC(N)=NC2=N[C@@H](CC(=O)Nc3ccc(Cl)c(Cl)c3)C(=O)N2)cc1. The first kappa shape index (κ1) is 20.6. The third-order valence-electron chi connectivity index (χ3n) is 3.95. The molecule has 0 saturated carbocycles. The molecule has 29 heavy (non-hydrogen) atoms. The zero-order valence-electron chi connectivity index (χ0n) is 15.4. The number of carbonyl (C=O) groups excluding carboxylic acids is 2. The molecule has 1 heterocycles. The van der Waals surface area contributed by atoms with Crippen molar-refractivity contribution in [1.82, 2.24) is 5.32 Å². The van der Waals surface area contributed by atoms with E-state index in [0.29, 0.717) is 15.7 Å². The molecule has 5 N–H and O–H groups in total. The molecular formula is C19H18Cl2N6O2. The minimum atomic E-state index is -0.899. The molecular weight excluding hydrogens is 415 g/mol. The van der Waals surface area contributed by atoms with Gasteiger partial charge in [-0.25, -0.2) is 4.99 Å². The molecule has 0 aliphatic carbocycles. The van der Waals surface area contributed by atoms with Crippen molar-refractivity contribution in [1.29, 1.82) is 0 Å². The lowest BCUT2D eigenvalue weighted by Crippen LogP contribution is -2.32. The number of aryl methyl sites for hydroxylation is 1. The van der Waals surface area contributed by atoms with E-state index in [2.05, 4.69) is 25.9 Å². The van der Waals surface area contributed by atoms with Crippen LogP contribution in [-0.4, -0.2) is 29.8 Å². The van der Waals surface area contributed by atoms with E-state index in [1.165, 1.54) is 6.07 Å². The molecule has 1 aliphatic rings. The molecule has 0 fully saturated rings. The van der Waals surface area contributed by atoms with Gasteiger partial charge >= 0.3 is 0 Å². The summed E-state index contributed by atoms with van der Waals surface area (Å²) in [7, 11) is 0. The summed E-state index contributed by atoms with van der Waals surface area (Å²) in [5.41, 5.74) is 8.18. The molecule has 0 spiro atoms. The molecule has 0 radical (unpaired) electrons. The van der Waals surface area contributed by atoms with E-state index in [4.69, 9.17) is 28.9 Å². The van der Waals surface area contributed by atoms with Crippen molar-refractivity contribution in [3.63, 3.8) is 0 Å². The van der Waals surface area contributed by atoms with Crippen LogP contribution in [0.25, 0.3) is 0 Å². The Kier molecular flexibility index (Phi) is 6.36. The summed E-state index contributed by atoms with van der Waals surface area (Å²) in [5.74, 6) is -0.729. The second-order valence-electron chi connectivity index (χ2n) is 6.33. The number of hydrogen-bond donors (Lipinski definition) is 4. The van der Waals surface area contributed by atoms with Gasteiger partial charge in [-0.3, -0.25) is 14.9 Å². The van der Waals surface area contributed by atoms with Crippen LogP contribution in [0.3, 0.4) is 0 Å². The fourth-order valence-electron chi connectivity index (χ4n) is 2.52. The maximum Gasteiger partial charge on any atom is 0.252 e. The number of amides is 2. The smallest absolute Gasteiger partial charge is 0.252 e. The highest BCUT2D eigenvalue weighted by molar-refractivity contribution is 6.42. The Balaban J connectivity index is 1.60. The Bertz CT molecular complexity index is 1000. The molecule has 1 aliphatic heterocycles. The predicted molar refractivity (Wildman–Crippen MR) is 115 cm³/mol. The zero-order chi connectivity index (χ0) is 21.0. The van der Waals surface area contributed by atoms with E-state index in [1.807, 2.05) is 31.2 Å². The first-order valence-electron chi connectivity index (χ1n) is 8.61. The van der Waals surface area contributed by atoms with Gasteiger partial charge in [-0.1, -0.05) is 40.9 Å². The van der Waals surface area contributed by atoms with E-state index in [-0.39, 0.29) is 18.3 Å². The van der Waals surface area contributed by atoms with E-state index in [9.17, 15) is 9.59 Å². The number of nitrogens with one attached hydrogen (secondary N) is 3. The quantitative estimate of drug-likeness (QED) is 0.438. The number of rotatable bonds is 4. The van der Waals surface area contributed by atoms with Gasteiger partial charge in [0.2, 0.25) is 17.8 Å². The first-order valence-corrected chi connectivity index (χ1v) is 9.37. The summed E-state index contributed by atoms with van der Waals surface area (Å²) in [4.78, 5) is 32.4. The summed E-state index contributed by atoms with van der Waals surface area (Å²) in [5, 5.41) is 8.74. The van der Waals surface area contributed by atoms with Crippen molar-refractivity contribution in [2.24, 2.45) is 15.7 Å². The molecule has 0 aromatic heterocycles. The second-order valence-corrected chi connectivity index (χ2v) is 7.14. The van der Waals surface area contributed by atoms with Gasteiger partial charge in [0.25, 0.3) is 5.91 Å². The molecule has 0 saturated heterocycles. The fraction of sp³-hybridized carbons (Fsp3) is 0.158. The Hall–Kier alpha value is -3.10. The van der Waals surface area contributed by atoms with Crippen molar-refractivity contribution < 1.29 is 9.59 Å². The zero-order valence-corrected chi connectivity index (χ0v) is 16.9. The van der Waals surface area contributed by atoms with Gasteiger partial charge in [-0.05, 0) is 37.3 Å². The number of carbonyl (C=O) groups is 2. The van der Waals surface area contributed by atoms with Crippen LogP contribution in [0.2, 0.25) is 10.0 Å². The van der Waals surface area contributed by atoms with Crippen molar-refractivity contribution in [2.75, 3.05) is 10.6 Å². The van der Waals surface area contributed by atoms with Crippen LogP contribution in [0.15, 0.2) is 52.4 Å². The number of guanidine groups is 2. The van der Waals surface area contributed by atoms with Gasteiger partial charge in [0.1, 0.15) is 6.04 Å². The monoisotopic (exact) mass is 432 g/mol.